The van der Waals surface area contributed by atoms with Gasteiger partial charge in [0, 0.05) is 16.8 Å². The number of nitrogens with zero attached hydrogens (tertiary/aromatic N) is 3. The van der Waals surface area contributed by atoms with Crippen LogP contribution in [0, 0.1) is 0 Å². The molecule has 0 fully saturated rings. The minimum atomic E-state index is 0.291. The standard InChI is InChI=1S/C17H15Cl2N5O2/c1-25-14-6-4-11(8-15(14)26-2)21-16-9-20-24-17(23-16)22-13-5-3-10(18)7-12(13)19/h3-9H,1-2H3,(H2,21,22,23,24). The molecule has 3 aromatic rings. The molecule has 0 bridgehead atoms. The third-order valence-electron chi connectivity index (χ3n) is 3.39. The van der Waals surface area contributed by atoms with Crippen molar-refractivity contribution >= 4 is 46.3 Å². The summed E-state index contributed by atoms with van der Waals surface area (Å²) in [6, 6.07) is 10.5. The molecular weight excluding hydrogens is 377 g/mol. The van der Waals surface area contributed by atoms with Gasteiger partial charge < -0.3 is 20.1 Å². The Morgan fingerprint density at radius 1 is 0.923 bits per heavy atom. The number of nitrogens with one attached hydrogen (secondary N) is 2. The van der Waals surface area contributed by atoms with Crippen molar-refractivity contribution in [3.05, 3.63) is 52.6 Å². The van der Waals surface area contributed by atoms with Crippen molar-refractivity contribution in [3.63, 3.8) is 0 Å². The van der Waals surface area contributed by atoms with E-state index in [0.29, 0.717) is 39.0 Å². The van der Waals surface area contributed by atoms with Crippen molar-refractivity contribution in [1.29, 1.82) is 0 Å². The average molecular weight is 392 g/mol. The number of benzene rings is 2. The summed E-state index contributed by atoms with van der Waals surface area (Å²) in [5.74, 6) is 2.03. The minimum absolute atomic E-state index is 0.291. The predicted molar refractivity (Wildman–Crippen MR) is 102 cm³/mol. The Morgan fingerprint density at radius 2 is 1.73 bits per heavy atom. The molecule has 0 atom stereocenters. The van der Waals surface area contributed by atoms with Gasteiger partial charge in [-0.05, 0) is 30.3 Å². The van der Waals surface area contributed by atoms with Crippen LogP contribution >= 0.6 is 23.2 Å². The largest absolute Gasteiger partial charge is 0.493 e. The first kappa shape index (κ1) is 18.0. The molecule has 2 aromatic carbocycles. The summed E-state index contributed by atoms with van der Waals surface area (Å²) < 4.78 is 10.5. The number of methoxy groups -OCH3 is 2. The molecule has 0 saturated heterocycles. The zero-order valence-electron chi connectivity index (χ0n) is 14.0. The van der Waals surface area contributed by atoms with Gasteiger partial charge in [-0.15, -0.1) is 5.10 Å². The first-order chi connectivity index (χ1) is 12.6. The fourth-order valence-electron chi connectivity index (χ4n) is 2.19. The van der Waals surface area contributed by atoms with Gasteiger partial charge in [-0.25, -0.2) is 0 Å². The van der Waals surface area contributed by atoms with E-state index in [0.717, 1.165) is 5.69 Å². The lowest BCUT2D eigenvalue weighted by atomic mass is 10.2. The second-order valence-corrected chi connectivity index (χ2v) is 5.95. The average Bonchev–Trinajstić information content (AvgIpc) is 2.64. The minimum Gasteiger partial charge on any atom is -0.493 e. The monoisotopic (exact) mass is 391 g/mol. The van der Waals surface area contributed by atoms with Crippen LogP contribution in [-0.4, -0.2) is 29.4 Å². The van der Waals surface area contributed by atoms with Crippen LogP contribution in [-0.2, 0) is 0 Å². The van der Waals surface area contributed by atoms with E-state index in [1.165, 1.54) is 6.20 Å². The van der Waals surface area contributed by atoms with Crippen molar-refractivity contribution < 1.29 is 9.47 Å². The first-order valence-corrected chi connectivity index (χ1v) is 8.25. The molecule has 0 saturated carbocycles. The van der Waals surface area contributed by atoms with Crippen LogP contribution < -0.4 is 20.1 Å². The normalized spacial score (nSPS) is 10.3. The Morgan fingerprint density at radius 3 is 2.46 bits per heavy atom. The van der Waals surface area contributed by atoms with Crippen LogP contribution in [0.15, 0.2) is 42.6 Å². The molecule has 0 unspecified atom stereocenters. The molecule has 0 amide bonds. The number of halogens is 2. The van der Waals surface area contributed by atoms with Gasteiger partial charge in [0.05, 0.1) is 31.1 Å². The highest BCUT2D eigenvalue weighted by Gasteiger charge is 2.08. The molecule has 7 nitrogen and oxygen atoms in total. The second kappa shape index (κ2) is 8.07. The highest BCUT2D eigenvalue weighted by Crippen LogP contribution is 2.31. The molecule has 26 heavy (non-hydrogen) atoms. The molecule has 0 spiro atoms. The molecule has 1 heterocycles. The van der Waals surface area contributed by atoms with Gasteiger partial charge in [0.1, 0.15) is 0 Å². The summed E-state index contributed by atoms with van der Waals surface area (Å²) in [5.41, 5.74) is 1.39. The molecule has 134 valence electrons. The van der Waals surface area contributed by atoms with E-state index in [-0.39, 0.29) is 0 Å². The molecule has 2 N–H and O–H groups in total. The Balaban J connectivity index is 1.79. The number of hydrogen-bond acceptors (Lipinski definition) is 7. The van der Waals surface area contributed by atoms with Gasteiger partial charge in [-0.3, -0.25) is 0 Å². The van der Waals surface area contributed by atoms with Crippen LogP contribution in [0.3, 0.4) is 0 Å². The molecule has 9 heteroatoms. The molecule has 0 aliphatic rings. The van der Waals surface area contributed by atoms with Gasteiger partial charge in [-0.1, -0.05) is 23.2 Å². The summed E-state index contributed by atoms with van der Waals surface area (Å²) in [5, 5.41) is 15.0. The topological polar surface area (TPSA) is 81.2 Å². The van der Waals surface area contributed by atoms with Crippen LogP contribution in [0.5, 0.6) is 11.5 Å². The summed E-state index contributed by atoms with van der Waals surface area (Å²) in [6.07, 6.45) is 1.51. The van der Waals surface area contributed by atoms with Crippen molar-refractivity contribution in [3.8, 4) is 11.5 Å². The lowest BCUT2D eigenvalue weighted by Gasteiger charge is -2.11. The number of ether oxygens (including phenoxy) is 2. The third kappa shape index (κ3) is 4.25. The first-order valence-electron chi connectivity index (χ1n) is 7.50. The van der Waals surface area contributed by atoms with Crippen LogP contribution in [0.25, 0.3) is 0 Å². The molecule has 0 aliphatic heterocycles. The molecule has 3 rings (SSSR count). The molecular formula is C17H15Cl2N5O2. The third-order valence-corrected chi connectivity index (χ3v) is 3.94. The van der Waals surface area contributed by atoms with E-state index in [2.05, 4.69) is 25.8 Å². The summed E-state index contributed by atoms with van der Waals surface area (Å²) in [7, 11) is 3.16. The van der Waals surface area contributed by atoms with Crippen molar-refractivity contribution in [1.82, 2.24) is 15.2 Å². The maximum atomic E-state index is 6.15. The maximum absolute atomic E-state index is 6.15. The van der Waals surface area contributed by atoms with E-state index in [9.17, 15) is 0 Å². The van der Waals surface area contributed by atoms with E-state index in [1.54, 1.807) is 44.6 Å². The van der Waals surface area contributed by atoms with Gasteiger partial charge in [-0.2, -0.15) is 10.1 Å². The van der Waals surface area contributed by atoms with Crippen molar-refractivity contribution in [2.75, 3.05) is 24.9 Å². The van der Waals surface area contributed by atoms with Gasteiger partial charge in [0.15, 0.2) is 17.3 Å². The zero-order valence-corrected chi connectivity index (χ0v) is 15.5. The van der Waals surface area contributed by atoms with Crippen LogP contribution in [0.4, 0.5) is 23.1 Å². The number of aromatic nitrogens is 3. The summed E-state index contributed by atoms with van der Waals surface area (Å²) in [6.45, 7) is 0. The molecule has 0 radical (unpaired) electrons. The Hall–Kier alpha value is -2.77. The van der Waals surface area contributed by atoms with E-state index < -0.39 is 0 Å². The lowest BCUT2D eigenvalue weighted by Crippen LogP contribution is -2.03. The van der Waals surface area contributed by atoms with E-state index in [1.807, 2.05) is 6.07 Å². The highest BCUT2D eigenvalue weighted by atomic mass is 35.5. The molecule has 1 aromatic heterocycles. The lowest BCUT2D eigenvalue weighted by molar-refractivity contribution is 0.355. The Bertz CT molecular complexity index is 923. The quantitative estimate of drug-likeness (QED) is 0.630. The van der Waals surface area contributed by atoms with E-state index in [4.69, 9.17) is 32.7 Å². The fraction of sp³-hybridized carbons (Fsp3) is 0.118. The number of hydrogen-bond donors (Lipinski definition) is 2. The summed E-state index contributed by atoms with van der Waals surface area (Å²) in [4.78, 5) is 4.37. The van der Waals surface area contributed by atoms with Crippen LogP contribution in [0.1, 0.15) is 0 Å². The Kier molecular flexibility index (Phi) is 5.60. The molecule has 0 aliphatic carbocycles. The SMILES string of the molecule is COc1ccc(Nc2cnnc(Nc3ccc(Cl)cc3Cl)n2)cc1OC. The smallest absolute Gasteiger partial charge is 0.249 e. The maximum Gasteiger partial charge on any atom is 0.249 e. The van der Waals surface area contributed by atoms with Gasteiger partial charge in [0.2, 0.25) is 5.95 Å². The van der Waals surface area contributed by atoms with Crippen LogP contribution in [0.2, 0.25) is 10.0 Å². The number of anilines is 4. The summed E-state index contributed by atoms with van der Waals surface area (Å²) >= 11 is 12.0. The van der Waals surface area contributed by atoms with Crippen molar-refractivity contribution in [2.45, 2.75) is 0 Å². The van der Waals surface area contributed by atoms with Gasteiger partial charge in [0.25, 0.3) is 0 Å². The fourth-order valence-corrected chi connectivity index (χ4v) is 2.65. The zero-order chi connectivity index (χ0) is 18.5. The van der Waals surface area contributed by atoms with Gasteiger partial charge >= 0.3 is 0 Å². The van der Waals surface area contributed by atoms with Crippen molar-refractivity contribution in [2.24, 2.45) is 0 Å². The highest BCUT2D eigenvalue weighted by molar-refractivity contribution is 6.36. The predicted octanol–water partition coefficient (Wildman–Crippen LogP) is 4.68. The second-order valence-electron chi connectivity index (χ2n) is 5.11. The number of rotatable bonds is 6. The Labute approximate surface area is 160 Å². The van der Waals surface area contributed by atoms with E-state index >= 15 is 0 Å².